The van der Waals surface area contributed by atoms with Gasteiger partial charge in [-0.25, -0.2) is 0 Å². The number of methoxy groups -OCH3 is 2. The van der Waals surface area contributed by atoms with Crippen molar-refractivity contribution in [1.82, 2.24) is 4.90 Å². The predicted molar refractivity (Wildman–Crippen MR) is 93.5 cm³/mol. The molecule has 0 bridgehead atoms. The highest BCUT2D eigenvalue weighted by Crippen LogP contribution is 2.25. The molecule has 7 heteroatoms. The van der Waals surface area contributed by atoms with Crippen molar-refractivity contribution in [3.05, 3.63) is 40.8 Å². The predicted octanol–water partition coefficient (Wildman–Crippen LogP) is 2.71. The van der Waals surface area contributed by atoms with Crippen molar-refractivity contribution in [2.75, 3.05) is 33.1 Å². The lowest BCUT2D eigenvalue weighted by atomic mass is 10.2. The van der Waals surface area contributed by atoms with Gasteiger partial charge in [-0.15, -0.1) is 11.3 Å². The minimum Gasteiger partial charge on any atom is -0.497 e. The quantitative estimate of drug-likeness (QED) is 0.835. The Hall–Kier alpha value is -2.56. The van der Waals surface area contributed by atoms with Crippen LogP contribution in [-0.2, 0) is 11.3 Å². The van der Waals surface area contributed by atoms with Gasteiger partial charge >= 0.3 is 0 Å². The minimum absolute atomic E-state index is 0.163. The maximum atomic E-state index is 12.1. The van der Waals surface area contributed by atoms with Gasteiger partial charge in [-0.1, -0.05) is 6.07 Å². The fourth-order valence-electron chi connectivity index (χ4n) is 2.23. The first-order valence-electron chi connectivity index (χ1n) is 7.24. The Bertz CT molecular complexity index is 752. The first-order chi connectivity index (χ1) is 11.6. The number of nitrogens with one attached hydrogen (secondary N) is 1. The van der Waals surface area contributed by atoms with Gasteiger partial charge in [0.1, 0.15) is 22.6 Å². The number of hydrogen-bond acceptors (Lipinski definition) is 6. The van der Waals surface area contributed by atoms with Gasteiger partial charge in [0.25, 0.3) is 0 Å². The molecule has 0 atom stereocenters. The van der Waals surface area contributed by atoms with E-state index in [4.69, 9.17) is 14.7 Å². The molecule has 0 aliphatic carbocycles. The molecule has 0 saturated heterocycles. The maximum absolute atomic E-state index is 12.1. The van der Waals surface area contributed by atoms with E-state index in [1.807, 2.05) is 30.1 Å². The van der Waals surface area contributed by atoms with Gasteiger partial charge in [-0.2, -0.15) is 5.26 Å². The summed E-state index contributed by atoms with van der Waals surface area (Å²) in [6.45, 7) is 0.758. The number of carbonyl (C=O) groups is 1. The second-order valence-electron chi connectivity index (χ2n) is 5.17. The van der Waals surface area contributed by atoms with Crippen LogP contribution in [0.4, 0.5) is 5.00 Å². The summed E-state index contributed by atoms with van der Waals surface area (Å²) in [5.41, 5.74) is 1.44. The molecule has 0 aliphatic rings. The zero-order chi connectivity index (χ0) is 17.5. The molecule has 0 radical (unpaired) electrons. The third-order valence-corrected chi connectivity index (χ3v) is 4.22. The molecule has 6 nitrogen and oxygen atoms in total. The van der Waals surface area contributed by atoms with E-state index in [1.165, 1.54) is 11.3 Å². The number of anilines is 1. The van der Waals surface area contributed by atoms with Gasteiger partial charge in [0, 0.05) is 18.2 Å². The number of nitriles is 1. The van der Waals surface area contributed by atoms with Crippen molar-refractivity contribution in [2.24, 2.45) is 0 Å². The fraction of sp³-hybridized carbons (Fsp3) is 0.294. The van der Waals surface area contributed by atoms with Crippen LogP contribution in [0.5, 0.6) is 11.5 Å². The summed E-state index contributed by atoms with van der Waals surface area (Å²) < 4.78 is 10.5. The maximum Gasteiger partial charge on any atom is 0.239 e. The molecule has 1 aromatic heterocycles. The van der Waals surface area contributed by atoms with Crippen molar-refractivity contribution in [3.8, 4) is 17.6 Å². The lowest BCUT2D eigenvalue weighted by molar-refractivity contribution is -0.117. The number of ether oxygens (including phenoxy) is 2. The Morgan fingerprint density at radius 2 is 2.12 bits per heavy atom. The van der Waals surface area contributed by atoms with Crippen LogP contribution in [0.3, 0.4) is 0 Å². The van der Waals surface area contributed by atoms with E-state index in [9.17, 15) is 4.79 Å². The van der Waals surface area contributed by atoms with Crippen molar-refractivity contribution >= 4 is 22.2 Å². The Morgan fingerprint density at radius 3 is 2.79 bits per heavy atom. The molecular weight excluding hydrogens is 326 g/mol. The Labute approximate surface area is 145 Å². The van der Waals surface area contributed by atoms with Crippen LogP contribution < -0.4 is 14.8 Å². The van der Waals surface area contributed by atoms with E-state index in [1.54, 1.807) is 25.7 Å². The van der Waals surface area contributed by atoms with E-state index in [-0.39, 0.29) is 12.5 Å². The van der Waals surface area contributed by atoms with Gasteiger partial charge in [-0.05, 0) is 24.6 Å². The van der Waals surface area contributed by atoms with E-state index < -0.39 is 0 Å². The smallest absolute Gasteiger partial charge is 0.239 e. The molecule has 0 aliphatic heterocycles. The topological polar surface area (TPSA) is 74.6 Å². The summed E-state index contributed by atoms with van der Waals surface area (Å²) in [6.07, 6.45) is 0. The van der Waals surface area contributed by atoms with Gasteiger partial charge in [0.15, 0.2) is 0 Å². The van der Waals surface area contributed by atoms with Gasteiger partial charge < -0.3 is 14.8 Å². The first kappa shape index (κ1) is 17.8. The summed E-state index contributed by atoms with van der Waals surface area (Å²) in [6, 6.07) is 9.33. The zero-order valence-electron chi connectivity index (χ0n) is 13.8. The Kier molecular flexibility index (Phi) is 6.18. The van der Waals surface area contributed by atoms with Crippen LogP contribution in [0, 0.1) is 11.3 Å². The van der Waals surface area contributed by atoms with E-state index in [2.05, 4.69) is 11.4 Å². The molecule has 2 aromatic rings. The van der Waals surface area contributed by atoms with Gasteiger partial charge in [-0.3, -0.25) is 9.69 Å². The molecule has 126 valence electrons. The first-order valence-corrected chi connectivity index (χ1v) is 8.12. The van der Waals surface area contributed by atoms with Crippen LogP contribution in [0.15, 0.2) is 29.6 Å². The second-order valence-corrected chi connectivity index (χ2v) is 6.09. The largest absolute Gasteiger partial charge is 0.497 e. The highest BCUT2D eigenvalue weighted by molar-refractivity contribution is 7.14. The molecule has 24 heavy (non-hydrogen) atoms. The third-order valence-electron chi connectivity index (χ3n) is 3.39. The number of carbonyl (C=O) groups excluding carboxylic acids is 1. The molecule has 2 rings (SSSR count). The summed E-state index contributed by atoms with van der Waals surface area (Å²) >= 11 is 1.34. The Balaban J connectivity index is 1.97. The summed E-state index contributed by atoms with van der Waals surface area (Å²) in [4.78, 5) is 14.0. The van der Waals surface area contributed by atoms with Crippen LogP contribution >= 0.6 is 11.3 Å². The molecule has 1 heterocycles. The molecule has 0 unspecified atom stereocenters. The zero-order valence-corrected chi connectivity index (χ0v) is 14.6. The summed E-state index contributed by atoms with van der Waals surface area (Å²) in [5.74, 6) is 1.27. The van der Waals surface area contributed by atoms with Crippen LogP contribution in [0.1, 0.15) is 11.1 Å². The number of thiophene rings is 1. The highest BCUT2D eigenvalue weighted by atomic mass is 32.1. The third kappa shape index (κ3) is 4.47. The number of hydrogen-bond donors (Lipinski definition) is 1. The minimum atomic E-state index is -0.163. The lowest BCUT2D eigenvalue weighted by Gasteiger charge is -2.18. The van der Waals surface area contributed by atoms with E-state index >= 15 is 0 Å². The highest BCUT2D eigenvalue weighted by Gasteiger charge is 2.13. The number of nitrogens with zero attached hydrogens (tertiary/aromatic N) is 2. The molecule has 1 amide bonds. The number of benzene rings is 1. The SMILES string of the molecule is COc1ccc(CN(C)CC(=O)Nc2sccc2C#N)c(OC)c1. The van der Waals surface area contributed by atoms with Crippen LogP contribution in [-0.4, -0.2) is 38.6 Å². The molecule has 0 fully saturated rings. The van der Waals surface area contributed by atoms with Gasteiger partial charge in [0.2, 0.25) is 5.91 Å². The van der Waals surface area contributed by atoms with E-state index in [0.717, 1.165) is 11.3 Å². The second kappa shape index (κ2) is 8.34. The molecule has 0 spiro atoms. The standard InChI is InChI=1S/C17H19N3O3S/c1-20(10-13-4-5-14(22-2)8-15(13)23-3)11-16(21)19-17-12(9-18)6-7-24-17/h4-8H,10-11H2,1-3H3,(H,19,21). The molecule has 1 aromatic carbocycles. The fourth-order valence-corrected chi connectivity index (χ4v) is 2.99. The summed E-state index contributed by atoms with van der Waals surface area (Å²) in [5, 5.41) is 14.1. The Morgan fingerprint density at radius 1 is 1.33 bits per heavy atom. The van der Waals surface area contributed by atoms with Crippen molar-refractivity contribution in [1.29, 1.82) is 5.26 Å². The van der Waals surface area contributed by atoms with Crippen LogP contribution in [0.25, 0.3) is 0 Å². The number of likely N-dealkylation sites (N-methyl/N-ethyl adjacent to an activating group) is 1. The van der Waals surface area contributed by atoms with Crippen molar-refractivity contribution in [2.45, 2.75) is 6.54 Å². The number of rotatable bonds is 7. The van der Waals surface area contributed by atoms with Gasteiger partial charge in [0.05, 0.1) is 26.3 Å². The molecule has 0 saturated carbocycles. The van der Waals surface area contributed by atoms with Crippen LogP contribution in [0.2, 0.25) is 0 Å². The van der Waals surface area contributed by atoms with E-state index in [0.29, 0.717) is 22.9 Å². The average molecular weight is 345 g/mol. The monoisotopic (exact) mass is 345 g/mol. The van der Waals surface area contributed by atoms with Crippen molar-refractivity contribution in [3.63, 3.8) is 0 Å². The molecule has 1 N–H and O–H groups in total. The number of amides is 1. The summed E-state index contributed by atoms with van der Waals surface area (Å²) in [7, 11) is 5.05. The lowest BCUT2D eigenvalue weighted by Crippen LogP contribution is -2.29. The molecular formula is C17H19N3O3S. The normalized spacial score (nSPS) is 10.3. The average Bonchev–Trinajstić information content (AvgIpc) is 3.01. The van der Waals surface area contributed by atoms with Crippen molar-refractivity contribution < 1.29 is 14.3 Å².